The van der Waals surface area contributed by atoms with E-state index in [4.69, 9.17) is 12.2 Å². The molecule has 3 aromatic rings. The lowest BCUT2D eigenvalue weighted by molar-refractivity contribution is 0.0935. The summed E-state index contributed by atoms with van der Waals surface area (Å²) in [6.45, 7) is 4.39. The molecule has 1 aromatic heterocycles. The minimum atomic E-state index is -0.189. The first-order valence-corrected chi connectivity index (χ1v) is 9.98. The van der Waals surface area contributed by atoms with Gasteiger partial charge in [0.15, 0.2) is 4.77 Å². The van der Waals surface area contributed by atoms with Crippen molar-refractivity contribution in [3.8, 4) is 0 Å². The molecule has 1 unspecified atom stereocenters. The van der Waals surface area contributed by atoms with E-state index in [1.165, 1.54) is 4.57 Å². The Kier molecular flexibility index (Phi) is 5.92. The molecular weight excluding hydrogens is 426 g/mol. The van der Waals surface area contributed by atoms with Gasteiger partial charge in [0, 0.05) is 16.6 Å². The third-order valence-electron chi connectivity index (χ3n) is 4.55. The lowest BCUT2D eigenvalue weighted by atomic mass is 10.0. The van der Waals surface area contributed by atoms with Crippen LogP contribution in [0.15, 0.2) is 51.7 Å². The summed E-state index contributed by atoms with van der Waals surface area (Å²) >= 11 is 8.66. The number of rotatable bonds is 5. The second-order valence-electron chi connectivity index (χ2n) is 6.23. The Morgan fingerprint density at radius 2 is 1.93 bits per heavy atom. The number of hydrogen-bond acceptors (Lipinski definition) is 3. The molecule has 5 nitrogen and oxygen atoms in total. The maximum absolute atomic E-state index is 12.7. The highest BCUT2D eigenvalue weighted by Gasteiger charge is 2.15. The number of H-pyrrole nitrogens is 1. The van der Waals surface area contributed by atoms with Crippen molar-refractivity contribution in [2.24, 2.45) is 0 Å². The third kappa shape index (κ3) is 4.04. The van der Waals surface area contributed by atoms with E-state index in [-0.39, 0.29) is 17.5 Å². The van der Waals surface area contributed by atoms with Gasteiger partial charge in [-0.2, -0.15) is 0 Å². The number of nitrogens with one attached hydrogen (secondary N) is 2. The SMILES string of the molecule is CCC(NC(=O)c1ccc2c(=O)n(CC)c(=S)[nH]c2c1)c1ccc(Br)cc1. The molecule has 2 N–H and O–H groups in total. The van der Waals surface area contributed by atoms with Crippen LogP contribution < -0.4 is 10.9 Å². The van der Waals surface area contributed by atoms with Crippen LogP contribution in [0.3, 0.4) is 0 Å². The molecule has 0 fully saturated rings. The molecule has 0 aliphatic heterocycles. The number of fused-ring (bicyclic) bond motifs is 1. The van der Waals surface area contributed by atoms with Gasteiger partial charge < -0.3 is 10.3 Å². The van der Waals surface area contributed by atoms with Crippen molar-refractivity contribution in [2.75, 3.05) is 0 Å². The predicted octanol–water partition coefficient (Wildman–Crippen LogP) is 4.72. The quantitative estimate of drug-likeness (QED) is 0.558. The average molecular weight is 446 g/mol. The molecule has 0 aliphatic rings. The molecule has 0 bridgehead atoms. The van der Waals surface area contributed by atoms with Gasteiger partial charge in [0.25, 0.3) is 11.5 Å². The van der Waals surface area contributed by atoms with Gasteiger partial charge in [-0.3, -0.25) is 14.2 Å². The largest absolute Gasteiger partial charge is 0.345 e. The zero-order valence-electron chi connectivity index (χ0n) is 15.1. The van der Waals surface area contributed by atoms with Crippen LogP contribution in [0.5, 0.6) is 0 Å². The Hall–Kier alpha value is -2.25. The molecular formula is C20H20BrN3O2S. The van der Waals surface area contributed by atoms with Gasteiger partial charge in [0.2, 0.25) is 0 Å². The summed E-state index contributed by atoms with van der Waals surface area (Å²) in [5.41, 5.74) is 1.95. The van der Waals surface area contributed by atoms with Crippen molar-refractivity contribution >= 4 is 45.0 Å². The number of halogens is 1. The van der Waals surface area contributed by atoms with Crippen molar-refractivity contribution in [1.29, 1.82) is 0 Å². The summed E-state index contributed by atoms with van der Waals surface area (Å²) in [5, 5.41) is 3.57. The maximum atomic E-state index is 12.7. The van der Waals surface area contributed by atoms with Crippen LogP contribution in [0.25, 0.3) is 10.9 Å². The van der Waals surface area contributed by atoms with E-state index in [2.05, 4.69) is 26.2 Å². The van der Waals surface area contributed by atoms with E-state index in [0.29, 0.717) is 27.8 Å². The number of aromatic nitrogens is 2. The minimum Gasteiger partial charge on any atom is -0.345 e. The summed E-state index contributed by atoms with van der Waals surface area (Å²) < 4.78 is 2.85. The first-order chi connectivity index (χ1) is 12.9. The number of nitrogens with zero attached hydrogens (tertiary/aromatic N) is 1. The summed E-state index contributed by atoms with van der Waals surface area (Å²) in [7, 11) is 0. The lowest BCUT2D eigenvalue weighted by Gasteiger charge is -2.18. The van der Waals surface area contributed by atoms with E-state index >= 15 is 0 Å². The molecule has 0 saturated heterocycles. The molecule has 0 spiro atoms. The number of carbonyl (C=O) groups is 1. The monoisotopic (exact) mass is 445 g/mol. The molecule has 7 heteroatoms. The topological polar surface area (TPSA) is 66.9 Å². The van der Waals surface area contributed by atoms with E-state index in [9.17, 15) is 9.59 Å². The maximum Gasteiger partial charge on any atom is 0.262 e. The molecule has 0 saturated carbocycles. The molecule has 1 amide bonds. The van der Waals surface area contributed by atoms with Crippen LogP contribution in [-0.4, -0.2) is 15.5 Å². The normalized spacial score (nSPS) is 12.1. The van der Waals surface area contributed by atoms with Gasteiger partial charge >= 0.3 is 0 Å². The Morgan fingerprint density at radius 3 is 2.56 bits per heavy atom. The summed E-state index contributed by atoms with van der Waals surface area (Å²) in [6.07, 6.45) is 0.768. The molecule has 27 heavy (non-hydrogen) atoms. The highest BCUT2D eigenvalue weighted by atomic mass is 79.9. The van der Waals surface area contributed by atoms with Crippen molar-refractivity contribution in [3.05, 3.63) is 73.2 Å². The summed E-state index contributed by atoms with van der Waals surface area (Å²) in [6, 6.07) is 12.8. The lowest BCUT2D eigenvalue weighted by Crippen LogP contribution is -2.28. The van der Waals surface area contributed by atoms with Crippen LogP contribution in [0.2, 0.25) is 0 Å². The fourth-order valence-electron chi connectivity index (χ4n) is 3.04. The summed E-state index contributed by atoms with van der Waals surface area (Å²) in [4.78, 5) is 28.3. The predicted molar refractivity (Wildman–Crippen MR) is 114 cm³/mol. The molecule has 3 rings (SSSR count). The zero-order chi connectivity index (χ0) is 19.6. The van der Waals surface area contributed by atoms with Gasteiger partial charge in [0.1, 0.15) is 0 Å². The van der Waals surface area contributed by atoms with Gasteiger partial charge in [-0.05, 0) is 61.5 Å². The van der Waals surface area contributed by atoms with Crippen LogP contribution >= 0.6 is 28.1 Å². The first-order valence-electron chi connectivity index (χ1n) is 8.77. The highest BCUT2D eigenvalue weighted by molar-refractivity contribution is 9.10. The molecule has 0 radical (unpaired) electrons. The van der Waals surface area contributed by atoms with Gasteiger partial charge in [-0.15, -0.1) is 0 Å². The van der Waals surface area contributed by atoms with E-state index in [1.807, 2.05) is 38.1 Å². The van der Waals surface area contributed by atoms with Crippen molar-refractivity contribution < 1.29 is 4.79 Å². The number of carbonyl (C=O) groups excluding carboxylic acids is 1. The number of amides is 1. The van der Waals surface area contributed by atoms with E-state index < -0.39 is 0 Å². The third-order valence-corrected chi connectivity index (χ3v) is 5.40. The van der Waals surface area contributed by atoms with Crippen LogP contribution in [0.4, 0.5) is 0 Å². The van der Waals surface area contributed by atoms with Crippen LogP contribution in [-0.2, 0) is 6.54 Å². The van der Waals surface area contributed by atoms with Crippen molar-refractivity contribution in [2.45, 2.75) is 32.9 Å². The van der Waals surface area contributed by atoms with Gasteiger partial charge in [-0.25, -0.2) is 0 Å². The second-order valence-corrected chi connectivity index (χ2v) is 7.53. The molecule has 1 heterocycles. The number of aromatic amines is 1. The molecule has 0 aliphatic carbocycles. The van der Waals surface area contributed by atoms with E-state index in [1.54, 1.807) is 18.2 Å². The average Bonchev–Trinajstić information content (AvgIpc) is 2.66. The van der Waals surface area contributed by atoms with Crippen molar-refractivity contribution in [3.63, 3.8) is 0 Å². The molecule has 2 aromatic carbocycles. The Balaban J connectivity index is 1.92. The molecule has 1 atom stereocenters. The standard InChI is InChI=1S/C20H20BrN3O2S/c1-3-16(12-5-8-14(21)9-6-12)22-18(25)13-7-10-15-17(11-13)23-20(27)24(4-2)19(15)26/h5-11,16H,3-4H2,1-2H3,(H,22,25)(H,23,27). The Labute approximate surface area is 170 Å². The minimum absolute atomic E-state index is 0.0899. The Bertz CT molecular complexity index is 1100. The number of hydrogen-bond donors (Lipinski definition) is 2. The Morgan fingerprint density at radius 1 is 1.22 bits per heavy atom. The van der Waals surface area contributed by atoms with E-state index in [0.717, 1.165) is 16.5 Å². The molecule has 140 valence electrons. The second kappa shape index (κ2) is 8.19. The van der Waals surface area contributed by atoms with Crippen LogP contribution in [0.1, 0.15) is 42.2 Å². The first kappa shape index (κ1) is 19.5. The van der Waals surface area contributed by atoms with Gasteiger partial charge in [0.05, 0.1) is 16.9 Å². The van der Waals surface area contributed by atoms with Crippen LogP contribution in [0, 0.1) is 4.77 Å². The van der Waals surface area contributed by atoms with Crippen molar-refractivity contribution in [1.82, 2.24) is 14.9 Å². The smallest absolute Gasteiger partial charge is 0.262 e. The fraction of sp³-hybridized carbons (Fsp3) is 0.250. The highest BCUT2D eigenvalue weighted by Crippen LogP contribution is 2.20. The van der Waals surface area contributed by atoms with Gasteiger partial charge in [-0.1, -0.05) is 35.0 Å². The zero-order valence-corrected chi connectivity index (χ0v) is 17.5. The summed E-state index contributed by atoms with van der Waals surface area (Å²) in [5.74, 6) is -0.189. The number of benzene rings is 2. The fourth-order valence-corrected chi connectivity index (χ4v) is 3.63.